The van der Waals surface area contributed by atoms with Crippen molar-refractivity contribution in [2.45, 2.75) is 51.1 Å². The summed E-state index contributed by atoms with van der Waals surface area (Å²) < 4.78 is 5.34. The van der Waals surface area contributed by atoms with Crippen LogP contribution in [0.4, 0.5) is 10.5 Å². The van der Waals surface area contributed by atoms with Crippen molar-refractivity contribution in [2.75, 3.05) is 18.5 Å². The number of rotatable bonds is 4. The van der Waals surface area contributed by atoms with Crippen LogP contribution in [0, 0.1) is 5.92 Å². The fourth-order valence-corrected chi connectivity index (χ4v) is 4.30. The Hall–Kier alpha value is -3.10. The average Bonchev–Trinajstić information content (AvgIpc) is 2.94. The van der Waals surface area contributed by atoms with Gasteiger partial charge in [-0.25, -0.2) is 4.79 Å². The first-order valence-corrected chi connectivity index (χ1v) is 10.3. The first-order chi connectivity index (χ1) is 14.3. The second kappa shape index (κ2) is 7.62. The molecule has 1 spiro atoms. The van der Waals surface area contributed by atoms with Crippen LogP contribution in [-0.4, -0.2) is 47.3 Å². The lowest BCUT2D eigenvalue weighted by Crippen LogP contribution is -2.50. The van der Waals surface area contributed by atoms with E-state index in [4.69, 9.17) is 4.74 Å². The Kier molecular flexibility index (Phi) is 5.13. The molecule has 1 aliphatic carbocycles. The minimum absolute atomic E-state index is 0.0229. The number of benzene rings is 1. The molecule has 4 rings (SSSR count). The summed E-state index contributed by atoms with van der Waals surface area (Å²) in [6.07, 6.45) is 2.97. The number of nitrogens with one attached hydrogen (secondary N) is 3. The zero-order chi connectivity index (χ0) is 21.5. The summed E-state index contributed by atoms with van der Waals surface area (Å²) >= 11 is 0. The molecule has 9 nitrogen and oxygen atoms in total. The predicted molar refractivity (Wildman–Crippen MR) is 108 cm³/mol. The first kappa shape index (κ1) is 20.2. The SMILES string of the molecule is CC1CCC2(CC1)NC(=O)N(CC(=O)NC(C)c1ccc3c(c1)NC(=O)CO3)C2=O. The smallest absolute Gasteiger partial charge is 0.325 e. The lowest BCUT2D eigenvalue weighted by Gasteiger charge is -2.33. The highest BCUT2D eigenvalue weighted by Gasteiger charge is 2.52. The average molecular weight is 414 g/mol. The first-order valence-electron chi connectivity index (χ1n) is 10.3. The summed E-state index contributed by atoms with van der Waals surface area (Å²) in [7, 11) is 0. The van der Waals surface area contributed by atoms with Gasteiger partial charge in [0.2, 0.25) is 5.91 Å². The van der Waals surface area contributed by atoms with Crippen molar-refractivity contribution < 1.29 is 23.9 Å². The number of hydrogen-bond acceptors (Lipinski definition) is 5. The lowest BCUT2D eigenvalue weighted by atomic mass is 9.77. The molecule has 1 atom stereocenters. The molecule has 3 N–H and O–H groups in total. The summed E-state index contributed by atoms with van der Waals surface area (Å²) in [6.45, 7) is 3.59. The molecular formula is C21H26N4O5. The van der Waals surface area contributed by atoms with Crippen molar-refractivity contribution in [3.8, 4) is 5.75 Å². The van der Waals surface area contributed by atoms with E-state index in [-0.39, 0.29) is 31.0 Å². The van der Waals surface area contributed by atoms with E-state index in [2.05, 4.69) is 22.9 Å². The fraction of sp³-hybridized carbons (Fsp3) is 0.524. The number of carbonyl (C=O) groups excluding carboxylic acids is 4. The molecule has 2 fully saturated rings. The van der Waals surface area contributed by atoms with Crippen LogP contribution in [0.2, 0.25) is 0 Å². The van der Waals surface area contributed by atoms with Gasteiger partial charge in [0, 0.05) is 0 Å². The van der Waals surface area contributed by atoms with Gasteiger partial charge in [-0.2, -0.15) is 0 Å². The van der Waals surface area contributed by atoms with E-state index in [1.54, 1.807) is 25.1 Å². The molecule has 1 saturated carbocycles. The summed E-state index contributed by atoms with van der Waals surface area (Å²) in [5, 5.41) is 8.37. The molecule has 2 aliphatic heterocycles. The second-order valence-corrected chi connectivity index (χ2v) is 8.47. The Bertz CT molecular complexity index is 907. The zero-order valence-corrected chi connectivity index (χ0v) is 17.1. The van der Waals surface area contributed by atoms with Crippen molar-refractivity contribution in [1.29, 1.82) is 0 Å². The van der Waals surface area contributed by atoms with Crippen LogP contribution >= 0.6 is 0 Å². The van der Waals surface area contributed by atoms with Crippen LogP contribution in [0.3, 0.4) is 0 Å². The number of nitrogens with zero attached hydrogens (tertiary/aromatic N) is 1. The van der Waals surface area contributed by atoms with Gasteiger partial charge < -0.3 is 20.7 Å². The Labute approximate surface area is 174 Å². The van der Waals surface area contributed by atoms with E-state index in [1.807, 2.05) is 0 Å². The molecule has 2 heterocycles. The van der Waals surface area contributed by atoms with Crippen LogP contribution < -0.4 is 20.7 Å². The number of urea groups is 1. The number of hydrogen-bond donors (Lipinski definition) is 3. The van der Waals surface area contributed by atoms with E-state index in [0.717, 1.165) is 23.3 Å². The van der Waals surface area contributed by atoms with Crippen molar-refractivity contribution in [3.63, 3.8) is 0 Å². The van der Waals surface area contributed by atoms with Gasteiger partial charge in [-0.3, -0.25) is 19.3 Å². The maximum Gasteiger partial charge on any atom is 0.325 e. The van der Waals surface area contributed by atoms with Crippen LogP contribution in [0.25, 0.3) is 0 Å². The summed E-state index contributed by atoms with van der Waals surface area (Å²) in [5.41, 5.74) is 0.460. The highest BCUT2D eigenvalue weighted by molar-refractivity contribution is 6.09. The van der Waals surface area contributed by atoms with Crippen LogP contribution in [-0.2, 0) is 14.4 Å². The molecule has 1 unspecified atom stereocenters. The molecule has 160 valence electrons. The molecule has 5 amide bonds. The summed E-state index contributed by atoms with van der Waals surface area (Å²) in [5.74, 6) is 0.135. The van der Waals surface area contributed by atoms with Gasteiger partial charge in [0.15, 0.2) is 6.61 Å². The molecule has 1 aromatic rings. The Morgan fingerprint density at radius 1 is 1.30 bits per heavy atom. The van der Waals surface area contributed by atoms with Gasteiger partial charge in [0.1, 0.15) is 17.8 Å². The maximum atomic E-state index is 12.9. The molecule has 0 radical (unpaired) electrons. The fourth-order valence-electron chi connectivity index (χ4n) is 4.30. The largest absolute Gasteiger partial charge is 0.482 e. The van der Waals surface area contributed by atoms with Gasteiger partial charge in [0.05, 0.1) is 11.7 Å². The molecule has 0 bridgehead atoms. The third kappa shape index (κ3) is 3.71. The van der Waals surface area contributed by atoms with E-state index in [9.17, 15) is 19.2 Å². The molecule has 9 heteroatoms. The number of fused-ring (bicyclic) bond motifs is 1. The van der Waals surface area contributed by atoms with E-state index < -0.39 is 17.5 Å². The zero-order valence-electron chi connectivity index (χ0n) is 17.1. The highest BCUT2D eigenvalue weighted by atomic mass is 16.5. The van der Waals surface area contributed by atoms with Crippen LogP contribution in [0.5, 0.6) is 5.75 Å². The van der Waals surface area contributed by atoms with Gasteiger partial charge in [-0.05, 0) is 56.2 Å². The summed E-state index contributed by atoms with van der Waals surface area (Å²) in [4.78, 5) is 50.3. The second-order valence-electron chi connectivity index (χ2n) is 8.47. The maximum absolute atomic E-state index is 12.9. The normalized spacial score (nSPS) is 26.5. The predicted octanol–water partition coefficient (Wildman–Crippen LogP) is 1.70. The quantitative estimate of drug-likeness (QED) is 0.649. The van der Waals surface area contributed by atoms with Crippen molar-refractivity contribution in [2.24, 2.45) is 5.92 Å². The van der Waals surface area contributed by atoms with Gasteiger partial charge in [-0.1, -0.05) is 13.0 Å². The van der Waals surface area contributed by atoms with E-state index in [0.29, 0.717) is 30.2 Å². The lowest BCUT2D eigenvalue weighted by molar-refractivity contribution is -0.136. The minimum atomic E-state index is -0.855. The van der Waals surface area contributed by atoms with Crippen LogP contribution in [0.1, 0.15) is 51.1 Å². The van der Waals surface area contributed by atoms with E-state index in [1.165, 1.54) is 0 Å². The van der Waals surface area contributed by atoms with Crippen molar-refractivity contribution in [3.05, 3.63) is 23.8 Å². The standard InChI is InChI=1S/C21H26N4O5/c1-12-5-7-21(8-6-12)19(28)25(20(29)24-21)10-17(26)22-13(2)14-3-4-16-15(9-14)23-18(27)11-30-16/h3-4,9,12-13H,5-8,10-11H2,1-2H3,(H,22,26)(H,23,27)(H,24,29). The minimum Gasteiger partial charge on any atom is -0.482 e. The van der Waals surface area contributed by atoms with Gasteiger partial charge >= 0.3 is 6.03 Å². The molecule has 0 aromatic heterocycles. The van der Waals surface area contributed by atoms with Crippen molar-refractivity contribution in [1.82, 2.24) is 15.5 Å². The van der Waals surface area contributed by atoms with Crippen molar-refractivity contribution >= 4 is 29.4 Å². The molecule has 1 saturated heterocycles. The third-order valence-corrected chi connectivity index (χ3v) is 6.19. The number of amides is 5. The highest BCUT2D eigenvalue weighted by Crippen LogP contribution is 2.36. The summed E-state index contributed by atoms with van der Waals surface area (Å²) in [6, 6.07) is 4.38. The van der Waals surface area contributed by atoms with Gasteiger partial charge in [0.25, 0.3) is 11.8 Å². The topological polar surface area (TPSA) is 117 Å². The van der Waals surface area contributed by atoms with E-state index >= 15 is 0 Å². The number of imide groups is 1. The third-order valence-electron chi connectivity index (χ3n) is 6.19. The molecular weight excluding hydrogens is 388 g/mol. The Morgan fingerprint density at radius 2 is 2.03 bits per heavy atom. The molecule has 3 aliphatic rings. The molecule has 1 aromatic carbocycles. The Morgan fingerprint density at radius 3 is 2.77 bits per heavy atom. The van der Waals surface area contributed by atoms with Gasteiger partial charge in [-0.15, -0.1) is 0 Å². The molecule has 30 heavy (non-hydrogen) atoms. The number of carbonyl (C=O) groups is 4. The van der Waals surface area contributed by atoms with Crippen LogP contribution in [0.15, 0.2) is 18.2 Å². The number of ether oxygens (including phenoxy) is 1. The monoisotopic (exact) mass is 414 g/mol. The number of anilines is 1. The Balaban J connectivity index is 1.39.